The van der Waals surface area contributed by atoms with Crippen molar-refractivity contribution in [3.05, 3.63) is 45.7 Å². The lowest BCUT2D eigenvalue weighted by molar-refractivity contribution is 0.276. The smallest absolute Gasteiger partial charge is 0.0886 e. The van der Waals surface area contributed by atoms with Gasteiger partial charge < -0.3 is 5.11 Å². The SMILES string of the molecule is Cc1cc(CO)nn1-c1ccc(Cl)c(Cl)c1. The van der Waals surface area contributed by atoms with E-state index in [1.807, 2.05) is 19.1 Å². The van der Waals surface area contributed by atoms with Gasteiger partial charge in [0.05, 0.1) is 28.0 Å². The Bertz CT molecular complexity index is 523. The molecule has 0 saturated carbocycles. The molecule has 0 radical (unpaired) electrons. The lowest BCUT2D eigenvalue weighted by Crippen LogP contribution is -1.99. The van der Waals surface area contributed by atoms with E-state index >= 15 is 0 Å². The van der Waals surface area contributed by atoms with Crippen LogP contribution in [0.4, 0.5) is 0 Å². The van der Waals surface area contributed by atoms with Crippen molar-refractivity contribution in [2.45, 2.75) is 13.5 Å². The molecule has 0 aliphatic carbocycles. The van der Waals surface area contributed by atoms with E-state index in [-0.39, 0.29) is 6.61 Å². The Morgan fingerprint density at radius 2 is 2.00 bits per heavy atom. The minimum Gasteiger partial charge on any atom is -0.390 e. The van der Waals surface area contributed by atoms with Crippen LogP contribution in [0.15, 0.2) is 24.3 Å². The van der Waals surface area contributed by atoms with Crippen LogP contribution >= 0.6 is 23.2 Å². The number of aromatic nitrogens is 2. The molecule has 0 aliphatic rings. The summed E-state index contributed by atoms with van der Waals surface area (Å²) in [4.78, 5) is 0. The molecule has 0 fully saturated rings. The summed E-state index contributed by atoms with van der Waals surface area (Å²) in [6, 6.07) is 7.11. The Morgan fingerprint density at radius 1 is 1.25 bits per heavy atom. The number of aliphatic hydroxyl groups excluding tert-OH is 1. The number of aryl methyl sites for hydroxylation is 1. The topological polar surface area (TPSA) is 38.1 Å². The third-order valence-corrected chi connectivity index (χ3v) is 2.99. The van der Waals surface area contributed by atoms with Gasteiger partial charge in [-0.25, -0.2) is 4.68 Å². The third kappa shape index (κ3) is 2.07. The normalized spacial score (nSPS) is 10.8. The molecule has 1 aromatic carbocycles. The zero-order valence-corrected chi connectivity index (χ0v) is 10.1. The molecule has 2 rings (SSSR count). The maximum absolute atomic E-state index is 9.00. The number of aliphatic hydroxyl groups is 1. The van der Waals surface area contributed by atoms with Crippen LogP contribution in [0.5, 0.6) is 0 Å². The fourth-order valence-corrected chi connectivity index (χ4v) is 1.79. The first-order valence-corrected chi connectivity index (χ1v) is 5.49. The fraction of sp³-hybridized carbons (Fsp3) is 0.182. The second-order valence-electron chi connectivity index (χ2n) is 3.45. The Morgan fingerprint density at radius 3 is 2.56 bits per heavy atom. The molecule has 0 aliphatic heterocycles. The van der Waals surface area contributed by atoms with Crippen molar-refractivity contribution < 1.29 is 5.11 Å². The first kappa shape index (κ1) is 11.5. The van der Waals surface area contributed by atoms with E-state index in [2.05, 4.69) is 5.10 Å². The maximum Gasteiger partial charge on any atom is 0.0886 e. The van der Waals surface area contributed by atoms with Gasteiger partial charge in [-0.05, 0) is 31.2 Å². The minimum absolute atomic E-state index is 0.0742. The summed E-state index contributed by atoms with van der Waals surface area (Å²) in [6.07, 6.45) is 0. The second kappa shape index (κ2) is 4.45. The number of nitrogens with zero attached hydrogens (tertiary/aromatic N) is 2. The number of benzene rings is 1. The van der Waals surface area contributed by atoms with Crippen LogP contribution in [0, 0.1) is 6.92 Å². The minimum atomic E-state index is -0.0742. The third-order valence-electron chi connectivity index (χ3n) is 2.25. The fourth-order valence-electron chi connectivity index (χ4n) is 1.49. The molecule has 5 heteroatoms. The van der Waals surface area contributed by atoms with Crippen molar-refractivity contribution in [1.29, 1.82) is 0 Å². The number of hydrogen-bond donors (Lipinski definition) is 1. The van der Waals surface area contributed by atoms with E-state index in [4.69, 9.17) is 28.3 Å². The molecule has 1 N–H and O–H groups in total. The first-order chi connectivity index (χ1) is 7.61. The summed E-state index contributed by atoms with van der Waals surface area (Å²) in [7, 11) is 0. The Labute approximate surface area is 103 Å². The highest BCUT2D eigenvalue weighted by Crippen LogP contribution is 2.24. The zero-order chi connectivity index (χ0) is 11.7. The summed E-state index contributed by atoms with van der Waals surface area (Å²) in [5.74, 6) is 0. The van der Waals surface area contributed by atoms with Crippen LogP contribution in [-0.4, -0.2) is 14.9 Å². The van der Waals surface area contributed by atoms with Gasteiger partial charge in [-0.1, -0.05) is 23.2 Å². The van der Waals surface area contributed by atoms with Crippen molar-refractivity contribution in [2.24, 2.45) is 0 Å². The Kier molecular flexibility index (Phi) is 3.19. The van der Waals surface area contributed by atoms with Gasteiger partial charge in [-0.15, -0.1) is 0 Å². The molecule has 0 amide bonds. The van der Waals surface area contributed by atoms with Crippen molar-refractivity contribution in [3.8, 4) is 5.69 Å². The van der Waals surface area contributed by atoms with E-state index < -0.39 is 0 Å². The number of hydrogen-bond acceptors (Lipinski definition) is 2. The van der Waals surface area contributed by atoms with Crippen LogP contribution in [0.3, 0.4) is 0 Å². The van der Waals surface area contributed by atoms with Gasteiger partial charge >= 0.3 is 0 Å². The predicted octanol–water partition coefficient (Wildman–Crippen LogP) is 2.98. The highest BCUT2D eigenvalue weighted by Gasteiger charge is 2.07. The Balaban J connectivity index is 2.49. The van der Waals surface area contributed by atoms with E-state index in [9.17, 15) is 0 Å². The Hall–Kier alpha value is -1.03. The summed E-state index contributed by atoms with van der Waals surface area (Å²) < 4.78 is 1.72. The molecular weight excluding hydrogens is 247 g/mol. The molecule has 2 aromatic rings. The van der Waals surface area contributed by atoms with E-state index in [0.717, 1.165) is 11.4 Å². The van der Waals surface area contributed by atoms with Crippen LogP contribution < -0.4 is 0 Å². The summed E-state index contributed by atoms with van der Waals surface area (Å²) >= 11 is 11.8. The van der Waals surface area contributed by atoms with E-state index in [0.29, 0.717) is 15.7 Å². The number of rotatable bonds is 2. The molecule has 0 bridgehead atoms. The van der Waals surface area contributed by atoms with E-state index in [1.54, 1.807) is 16.8 Å². The first-order valence-electron chi connectivity index (χ1n) is 4.73. The average Bonchev–Trinajstić information content (AvgIpc) is 2.64. The monoisotopic (exact) mass is 256 g/mol. The molecule has 16 heavy (non-hydrogen) atoms. The molecule has 0 atom stereocenters. The van der Waals surface area contributed by atoms with Gasteiger partial charge in [0.15, 0.2) is 0 Å². The molecule has 3 nitrogen and oxygen atoms in total. The average molecular weight is 257 g/mol. The summed E-state index contributed by atoms with van der Waals surface area (Å²) in [6.45, 7) is 1.84. The van der Waals surface area contributed by atoms with Crippen LogP contribution in [0.2, 0.25) is 10.0 Å². The summed E-state index contributed by atoms with van der Waals surface area (Å²) in [5.41, 5.74) is 2.39. The molecule has 1 aromatic heterocycles. The zero-order valence-electron chi connectivity index (χ0n) is 8.61. The molecule has 0 spiro atoms. The molecule has 0 unspecified atom stereocenters. The second-order valence-corrected chi connectivity index (χ2v) is 4.26. The standard InChI is InChI=1S/C11H10Cl2N2O/c1-7-4-8(6-16)14-15(7)9-2-3-10(12)11(13)5-9/h2-5,16H,6H2,1H3. The van der Waals surface area contributed by atoms with Crippen molar-refractivity contribution in [2.75, 3.05) is 0 Å². The van der Waals surface area contributed by atoms with Gasteiger partial charge in [-0.2, -0.15) is 5.10 Å². The molecule has 84 valence electrons. The van der Waals surface area contributed by atoms with Crippen molar-refractivity contribution >= 4 is 23.2 Å². The van der Waals surface area contributed by atoms with Gasteiger partial charge in [0.1, 0.15) is 0 Å². The highest BCUT2D eigenvalue weighted by molar-refractivity contribution is 6.42. The molecular formula is C11H10Cl2N2O. The van der Waals surface area contributed by atoms with Gasteiger partial charge in [0.2, 0.25) is 0 Å². The quantitative estimate of drug-likeness (QED) is 0.898. The van der Waals surface area contributed by atoms with Crippen molar-refractivity contribution in [1.82, 2.24) is 9.78 Å². The highest BCUT2D eigenvalue weighted by atomic mass is 35.5. The van der Waals surface area contributed by atoms with Gasteiger partial charge in [0, 0.05) is 5.69 Å². The number of halogens is 2. The molecule has 0 saturated heterocycles. The summed E-state index contributed by atoms with van der Waals surface area (Å²) in [5, 5.41) is 14.2. The lowest BCUT2D eigenvalue weighted by Gasteiger charge is -2.05. The van der Waals surface area contributed by atoms with E-state index in [1.165, 1.54) is 0 Å². The largest absolute Gasteiger partial charge is 0.390 e. The van der Waals surface area contributed by atoms with Crippen LogP contribution in [-0.2, 0) is 6.61 Å². The molecule has 1 heterocycles. The van der Waals surface area contributed by atoms with Gasteiger partial charge in [0.25, 0.3) is 0 Å². The van der Waals surface area contributed by atoms with Crippen LogP contribution in [0.25, 0.3) is 5.69 Å². The predicted molar refractivity (Wildman–Crippen MR) is 64.2 cm³/mol. The van der Waals surface area contributed by atoms with Gasteiger partial charge in [-0.3, -0.25) is 0 Å². The lowest BCUT2D eigenvalue weighted by atomic mass is 10.3. The van der Waals surface area contributed by atoms with Crippen molar-refractivity contribution in [3.63, 3.8) is 0 Å². The maximum atomic E-state index is 9.00. The van der Waals surface area contributed by atoms with Crippen LogP contribution in [0.1, 0.15) is 11.4 Å².